The Morgan fingerprint density at radius 3 is 2.92 bits per heavy atom. The first kappa shape index (κ1) is 17.3. The van der Waals surface area contributed by atoms with Gasteiger partial charge in [-0.25, -0.2) is 4.39 Å². The van der Waals surface area contributed by atoms with Crippen molar-refractivity contribution < 1.29 is 13.9 Å². The molecule has 0 radical (unpaired) electrons. The van der Waals surface area contributed by atoms with Crippen LogP contribution in [0.2, 0.25) is 0 Å². The Labute approximate surface area is 145 Å². The predicted octanol–water partition coefficient (Wildman–Crippen LogP) is 2.30. The second-order valence-corrected chi connectivity index (χ2v) is 6.13. The van der Waals surface area contributed by atoms with Crippen molar-refractivity contribution in [2.75, 3.05) is 6.54 Å². The zero-order chi connectivity index (χ0) is 17.8. The summed E-state index contributed by atoms with van der Waals surface area (Å²) in [4.78, 5) is 16.2. The number of nitrogens with one attached hydrogen (secondary N) is 3. The molecular formula is C18H21FN4O2. The fourth-order valence-electron chi connectivity index (χ4n) is 2.73. The van der Waals surface area contributed by atoms with Gasteiger partial charge in [0.25, 0.3) is 0 Å². The van der Waals surface area contributed by atoms with Gasteiger partial charge in [0, 0.05) is 18.8 Å². The topological polar surface area (TPSA) is 75.3 Å². The van der Waals surface area contributed by atoms with Crippen LogP contribution in [-0.2, 0) is 4.79 Å². The normalized spacial score (nSPS) is 20.9. The largest absolute Gasteiger partial charge is 0.453 e. The summed E-state index contributed by atoms with van der Waals surface area (Å²) in [7, 11) is 0. The Hall–Kier alpha value is -2.51. The number of hydrogen-bond donors (Lipinski definition) is 3. The summed E-state index contributed by atoms with van der Waals surface area (Å²) in [6, 6.07) is 7.85. The predicted molar refractivity (Wildman–Crippen MR) is 91.4 cm³/mol. The minimum absolute atomic E-state index is 0.0548. The highest BCUT2D eigenvalue weighted by Gasteiger charge is 2.30. The van der Waals surface area contributed by atoms with Gasteiger partial charge in [0.15, 0.2) is 11.6 Å². The van der Waals surface area contributed by atoms with Crippen LogP contribution in [0, 0.1) is 11.7 Å². The molecule has 2 heterocycles. The molecule has 1 aliphatic heterocycles. The second kappa shape index (κ2) is 7.58. The molecule has 1 aromatic heterocycles. The second-order valence-electron chi connectivity index (χ2n) is 6.13. The third-order valence-electron chi connectivity index (χ3n) is 4.27. The molecule has 25 heavy (non-hydrogen) atoms. The van der Waals surface area contributed by atoms with Crippen molar-refractivity contribution in [1.29, 1.82) is 0 Å². The Morgan fingerprint density at radius 1 is 1.44 bits per heavy atom. The molecule has 7 heteroatoms. The minimum atomic E-state index is -0.486. The molecule has 0 saturated carbocycles. The van der Waals surface area contributed by atoms with Crippen molar-refractivity contribution in [3.8, 4) is 11.5 Å². The minimum Gasteiger partial charge on any atom is -0.453 e. The molecule has 1 amide bonds. The molecule has 1 aromatic carbocycles. The molecule has 2 aromatic rings. The van der Waals surface area contributed by atoms with Gasteiger partial charge in [-0.2, -0.15) is 0 Å². The number of hydrogen-bond acceptors (Lipinski definition) is 5. The van der Waals surface area contributed by atoms with Crippen molar-refractivity contribution in [2.45, 2.75) is 25.9 Å². The van der Waals surface area contributed by atoms with Gasteiger partial charge in [0.05, 0.1) is 18.2 Å². The number of amides is 1. The highest BCUT2D eigenvalue weighted by Crippen LogP contribution is 2.26. The van der Waals surface area contributed by atoms with Crippen LogP contribution in [0.4, 0.5) is 4.39 Å². The number of ether oxygens (including phenoxy) is 1. The number of rotatable bonds is 5. The van der Waals surface area contributed by atoms with E-state index in [4.69, 9.17) is 4.74 Å². The number of carbonyl (C=O) groups excluding carboxylic acids is 1. The molecule has 132 valence electrons. The Balaban J connectivity index is 1.66. The molecule has 0 aliphatic carbocycles. The smallest absolute Gasteiger partial charge is 0.226 e. The summed E-state index contributed by atoms with van der Waals surface area (Å²) in [5, 5.41) is 2.93. The van der Waals surface area contributed by atoms with E-state index in [2.05, 4.69) is 21.2 Å². The van der Waals surface area contributed by atoms with E-state index in [1.807, 2.05) is 13.8 Å². The Kier molecular flexibility index (Phi) is 5.25. The molecule has 1 saturated heterocycles. The number of pyridine rings is 1. The first-order chi connectivity index (χ1) is 12.0. The number of benzene rings is 1. The van der Waals surface area contributed by atoms with Crippen molar-refractivity contribution in [3.05, 3.63) is 54.1 Å². The molecule has 1 aliphatic rings. The maximum Gasteiger partial charge on any atom is 0.226 e. The molecule has 6 nitrogen and oxygen atoms in total. The third kappa shape index (κ3) is 4.12. The quantitative estimate of drug-likeness (QED) is 0.776. The van der Waals surface area contributed by atoms with Crippen LogP contribution in [-0.4, -0.2) is 23.5 Å². The van der Waals surface area contributed by atoms with Crippen LogP contribution in [0.25, 0.3) is 0 Å². The van der Waals surface area contributed by atoms with Gasteiger partial charge < -0.3 is 10.1 Å². The molecule has 0 spiro atoms. The maximum absolute atomic E-state index is 14.3. The molecular weight excluding hydrogens is 323 g/mol. The van der Waals surface area contributed by atoms with E-state index < -0.39 is 5.82 Å². The summed E-state index contributed by atoms with van der Waals surface area (Å²) in [5.41, 5.74) is 6.65. The van der Waals surface area contributed by atoms with E-state index in [1.165, 1.54) is 12.3 Å². The summed E-state index contributed by atoms with van der Waals surface area (Å²) >= 11 is 0. The Bertz CT molecular complexity index is 741. The van der Waals surface area contributed by atoms with Crippen molar-refractivity contribution >= 4 is 5.91 Å². The monoisotopic (exact) mass is 344 g/mol. The lowest BCUT2D eigenvalue weighted by atomic mass is 10.0. The molecule has 3 rings (SSSR count). The van der Waals surface area contributed by atoms with Crippen LogP contribution in [0.5, 0.6) is 11.5 Å². The number of nitrogens with zero attached hydrogens (tertiary/aromatic N) is 1. The molecule has 1 fully saturated rings. The molecule has 3 N–H and O–H groups in total. The maximum atomic E-state index is 14.3. The number of halogens is 1. The third-order valence-corrected chi connectivity index (χ3v) is 4.27. The van der Waals surface area contributed by atoms with Crippen molar-refractivity contribution in [2.24, 2.45) is 5.92 Å². The fraction of sp³-hybridized carbons (Fsp3) is 0.333. The number of carbonyl (C=O) groups is 1. The van der Waals surface area contributed by atoms with E-state index in [0.717, 1.165) is 0 Å². The first-order valence-electron chi connectivity index (χ1n) is 8.20. The average molecular weight is 344 g/mol. The zero-order valence-electron chi connectivity index (χ0n) is 14.1. The van der Waals surface area contributed by atoms with Crippen LogP contribution >= 0.6 is 0 Å². The number of hydrazine groups is 1. The van der Waals surface area contributed by atoms with Gasteiger partial charge >= 0.3 is 0 Å². The van der Waals surface area contributed by atoms with Crippen LogP contribution in [0.3, 0.4) is 0 Å². The van der Waals surface area contributed by atoms with E-state index in [1.54, 1.807) is 30.5 Å². The first-order valence-corrected chi connectivity index (χ1v) is 8.20. The summed E-state index contributed by atoms with van der Waals surface area (Å²) in [6.07, 6.45) is 3.13. The van der Waals surface area contributed by atoms with Gasteiger partial charge in [0.1, 0.15) is 5.75 Å². The molecule has 3 atom stereocenters. The van der Waals surface area contributed by atoms with Gasteiger partial charge in [0.2, 0.25) is 5.91 Å². The van der Waals surface area contributed by atoms with E-state index >= 15 is 0 Å². The van der Waals surface area contributed by atoms with E-state index in [0.29, 0.717) is 17.9 Å². The lowest BCUT2D eigenvalue weighted by Gasteiger charge is -2.19. The number of aromatic nitrogens is 1. The zero-order valence-corrected chi connectivity index (χ0v) is 14.1. The Morgan fingerprint density at radius 2 is 2.28 bits per heavy atom. The molecule has 3 unspecified atom stereocenters. The summed E-state index contributed by atoms with van der Waals surface area (Å²) < 4.78 is 19.8. The van der Waals surface area contributed by atoms with Crippen LogP contribution in [0.15, 0.2) is 42.7 Å². The fourth-order valence-corrected chi connectivity index (χ4v) is 2.73. The summed E-state index contributed by atoms with van der Waals surface area (Å²) in [5.74, 6) is -0.118. The lowest BCUT2D eigenvalue weighted by Crippen LogP contribution is -2.38. The van der Waals surface area contributed by atoms with Gasteiger partial charge in [-0.3, -0.25) is 20.6 Å². The molecule has 0 bridgehead atoms. The van der Waals surface area contributed by atoms with Crippen molar-refractivity contribution in [3.63, 3.8) is 0 Å². The van der Waals surface area contributed by atoms with Gasteiger partial charge in [-0.1, -0.05) is 6.07 Å². The van der Waals surface area contributed by atoms with Gasteiger partial charge in [-0.15, -0.1) is 0 Å². The van der Waals surface area contributed by atoms with Crippen molar-refractivity contribution in [1.82, 2.24) is 21.2 Å². The standard InChI is InChI=1S/C18H21FN4O2/c1-11(22-18(24)15-10-21-23-12(15)2)13-5-6-17(16(19)8-13)25-14-4-3-7-20-9-14/h3-9,11-12,15,21,23H,10H2,1-2H3,(H,22,24). The SMILES string of the molecule is CC(NC(=O)C1CNNC1C)c1ccc(Oc2cccnc2)c(F)c1. The van der Waals surface area contributed by atoms with E-state index in [9.17, 15) is 9.18 Å². The van der Waals surface area contributed by atoms with E-state index in [-0.39, 0.29) is 29.7 Å². The average Bonchev–Trinajstić information content (AvgIpc) is 3.03. The van der Waals surface area contributed by atoms with Crippen LogP contribution in [0.1, 0.15) is 25.5 Å². The highest BCUT2D eigenvalue weighted by molar-refractivity contribution is 5.80. The van der Waals surface area contributed by atoms with Crippen LogP contribution < -0.4 is 20.9 Å². The lowest BCUT2D eigenvalue weighted by molar-refractivity contribution is -0.125. The summed E-state index contributed by atoms with van der Waals surface area (Å²) in [6.45, 7) is 4.35. The van der Waals surface area contributed by atoms with Gasteiger partial charge in [-0.05, 0) is 43.7 Å². The highest BCUT2D eigenvalue weighted by atomic mass is 19.1.